The minimum Gasteiger partial charge on any atom is -0.329 e. The van der Waals surface area contributed by atoms with Crippen LogP contribution in [0.3, 0.4) is 0 Å². The molecule has 0 spiro atoms. The zero-order valence-corrected chi connectivity index (χ0v) is 16.7. The van der Waals surface area contributed by atoms with Crippen molar-refractivity contribution in [1.82, 2.24) is 9.55 Å². The first-order chi connectivity index (χ1) is 14.2. The number of amidine groups is 1. The molecule has 2 N–H and O–H groups in total. The Morgan fingerprint density at radius 2 is 1.61 bits per heavy atom. The summed E-state index contributed by atoms with van der Waals surface area (Å²) in [5.74, 6) is -2.01. The Hall–Kier alpha value is -2.76. The van der Waals surface area contributed by atoms with Crippen molar-refractivity contribution < 1.29 is 26.3 Å². The molecule has 168 valence electrons. The fourth-order valence-corrected chi connectivity index (χ4v) is 3.43. The van der Waals surface area contributed by atoms with Gasteiger partial charge in [0, 0.05) is 11.4 Å². The maximum Gasteiger partial charge on any atom is 0.427 e. The highest BCUT2D eigenvalue weighted by Crippen LogP contribution is 2.55. The van der Waals surface area contributed by atoms with Gasteiger partial charge in [-0.25, -0.2) is 14.4 Å². The normalized spacial score (nSPS) is 16.0. The van der Waals surface area contributed by atoms with Gasteiger partial charge >= 0.3 is 18.0 Å². The van der Waals surface area contributed by atoms with Crippen LogP contribution in [0.1, 0.15) is 25.8 Å². The molecule has 2 aromatic rings. The van der Waals surface area contributed by atoms with E-state index < -0.39 is 46.4 Å². The summed E-state index contributed by atoms with van der Waals surface area (Å²) in [4.78, 5) is 29.3. The molecule has 13 heteroatoms. The van der Waals surface area contributed by atoms with Crippen molar-refractivity contribution >= 4 is 23.3 Å². The Kier molecular flexibility index (Phi) is 5.49. The summed E-state index contributed by atoms with van der Waals surface area (Å²) in [7, 11) is 0. The fraction of sp³-hybridized carbons (Fsp3) is 0.389. The van der Waals surface area contributed by atoms with E-state index in [4.69, 9.17) is 11.6 Å². The second kappa shape index (κ2) is 7.43. The number of aliphatic imine (C=N–C) groups is 1. The van der Waals surface area contributed by atoms with E-state index in [1.54, 1.807) is 18.8 Å². The summed E-state index contributed by atoms with van der Waals surface area (Å²) in [5, 5.41) is 2.56. The first-order valence-corrected chi connectivity index (χ1v) is 9.21. The predicted octanol–water partition coefficient (Wildman–Crippen LogP) is 4.37. The summed E-state index contributed by atoms with van der Waals surface area (Å²) in [6, 6.07) is 4.99. The third kappa shape index (κ3) is 3.73. The van der Waals surface area contributed by atoms with Gasteiger partial charge in [0.2, 0.25) is 0 Å². The van der Waals surface area contributed by atoms with E-state index >= 15 is 0 Å². The summed E-state index contributed by atoms with van der Waals surface area (Å²) >= 11 is 5.78. The Balaban J connectivity index is 2.50. The molecule has 0 unspecified atom stereocenters. The summed E-state index contributed by atoms with van der Waals surface area (Å²) < 4.78 is 84.7. The monoisotopic (exact) mass is 468 g/mol. The number of alkyl halides is 6. The van der Waals surface area contributed by atoms with E-state index in [9.17, 15) is 35.9 Å². The third-order valence-electron chi connectivity index (χ3n) is 4.55. The van der Waals surface area contributed by atoms with Crippen LogP contribution >= 0.6 is 11.6 Å². The quantitative estimate of drug-likeness (QED) is 0.657. The molecule has 0 saturated carbocycles. The average molecular weight is 469 g/mol. The molecule has 1 aromatic heterocycles. The number of hydrogen-bond acceptors (Lipinski definition) is 4. The van der Waals surface area contributed by atoms with Gasteiger partial charge in [-0.05, 0) is 30.2 Å². The van der Waals surface area contributed by atoms with Crippen molar-refractivity contribution in [1.29, 1.82) is 0 Å². The van der Waals surface area contributed by atoms with Gasteiger partial charge in [-0.3, -0.25) is 9.78 Å². The van der Waals surface area contributed by atoms with Crippen LogP contribution in [0.15, 0.2) is 38.8 Å². The Labute approximate surface area is 175 Å². The van der Waals surface area contributed by atoms with Crippen LogP contribution in [-0.4, -0.2) is 27.7 Å². The van der Waals surface area contributed by atoms with Gasteiger partial charge in [-0.2, -0.15) is 26.3 Å². The third-order valence-corrected chi connectivity index (χ3v) is 4.80. The van der Waals surface area contributed by atoms with E-state index in [1.807, 2.05) is 0 Å². The SMILES string of the molecule is CC(C)CC1=NC(C(F)(F)F)(C(F)(F)F)c2c(n(-c3ccc(Cl)cc3)c(=O)[nH]c2=O)N1. The summed E-state index contributed by atoms with van der Waals surface area (Å²) in [6.07, 6.45) is -12.4. The molecule has 0 amide bonds. The molecule has 0 bridgehead atoms. The van der Waals surface area contributed by atoms with Crippen LogP contribution < -0.4 is 16.6 Å². The van der Waals surface area contributed by atoms with Crippen molar-refractivity contribution in [2.45, 2.75) is 38.2 Å². The van der Waals surface area contributed by atoms with Crippen molar-refractivity contribution in [3.05, 3.63) is 55.7 Å². The number of aromatic amines is 1. The second-order valence-electron chi connectivity index (χ2n) is 7.28. The lowest BCUT2D eigenvalue weighted by Gasteiger charge is -2.38. The lowest BCUT2D eigenvalue weighted by atomic mass is 9.87. The van der Waals surface area contributed by atoms with Crippen LogP contribution in [-0.2, 0) is 5.54 Å². The van der Waals surface area contributed by atoms with Crippen LogP contribution in [0.2, 0.25) is 5.02 Å². The highest BCUT2D eigenvalue weighted by atomic mass is 35.5. The van der Waals surface area contributed by atoms with Crippen LogP contribution in [0, 0.1) is 5.92 Å². The van der Waals surface area contributed by atoms with E-state index in [1.165, 1.54) is 24.3 Å². The van der Waals surface area contributed by atoms with Gasteiger partial charge in [0.1, 0.15) is 17.2 Å². The molecular formula is C18H15ClF6N4O2. The zero-order valence-electron chi connectivity index (χ0n) is 16.0. The number of nitrogens with zero attached hydrogens (tertiary/aromatic N) is 2. The van der Waals surface area contributed by atoms with Crippen molar-refractivity contribution in [3.8, 4) is 5.69 Å². The zero-order chi connectivity index (χ0) is 23.4. The van der Waals surface area contributed by atoms with Gasteiger partial charge in [-0.15, -0.1) is 0 Å². The van der Waals surface area contributed by atoms with Crippen LogP contribution in [0.4, 0.5) is 32.2 Å². The van der Waals surface area contributed by atoms with Crippen molar-refractivity contribution in [3.63, 3.8) is 0 Å². The molecule has 6 nitrogen and oxygen atoms in total. The highest BCUT2D eigenvalue weighted by Gasteiger charge is 2.75. The number of hydrogen-bond donors (Lipinski definition) is 2. The van der Waals surface area contributed by atoms with Crippen LogP contribution in [0.5, 0.6) is 0 Å². The Morgan fingerprint density at radius 1 is 1.06 bits per heavy atom. The first-order valence-electron chi connectivity index (χ1n) is 8.84. The van der Waals surface area contributed by atoms with Gasteiger partial charge in [0.05, 0.1) is 5.69 Å². The van der Waals surface area contributed by atoms with Gasteiger partial charge in [0.15, 0.2) is 0 Å². The molecule has 1 aliphatic rings. The Morgan fingerprint density at radius 3 is 2.10 bits per heavy atom. The Bertz CT molecular complexity index is 1130. The van der Waals surface area contributed by atoms with Crippen LogP contribution in [0.25, 0.3) is 5.69 Å². The standard InChI is InChI=1S/C18H15ClF6N4O2/c1-8(2)7-11-26-13-12(16(28-11,17(20,21)22)18(23,24)25)14(30)27-15(31)29(13)10-5-3-9(19)4-6-10/h3-6,8H,7H2,1-2H3,(H,26,28)(H,27,30,31). The summed E-state index contributed by atoms with van der Waals surface area (Å²) in [6.45, 7) is 3.12. The average Bonchev–Trinajstić information content (AvgIpc) is 2.59. The molecular weight excluding hydrogens is 454 g/mol. The van der Waals surface area contributed by atoms with Crippen molar-refractivity contribution in [2.24, 2.45) is 10.9 Å². The topological polar surface area (TPSA) is 79.2 Å². The number of aromatic nitrogens is 2. The highest BCUT2D eigenvalue weighted by molar-refractivity contribution is 6.30. The molecule has 0 saturated heterocycles. The number of halogens is 7. The molecule has 0 atom stereocenters. The van der Waals surface area contributed by atoms with E-state index in [-0.39, 0.29) is 23.0 Å². The number of anilines is 1. The molecule has 0 fully saturated rings. The first kappa shape index (κ1) is 22.9. The number of rotatable bonds is 3. The van der Waals surface area contributed by atoms with Crippen molar-refractivity contribution in [2.75, 3.05) is 5.32 Å². The molecule has 0 radical (unpaired) electrons. The van der Waals surface area contributed by atoms with Gasteiger partial charge in [-0.1, -0.05) is 25.4 Å². The number of nitrogens with one attached hydrogen (secondary N) is 2. The van der Waals surface area contributed by atoms with E-state index in [2.05, 4.69) is 10.3 Å². The number of H-pyrrole nitrogens is 1. The molecule has 2 heterocycles. The molecule has 1 aliphatic heterocycles. The lowest BCUT2D eigenvalue weighted by molar-refractivity contribution is -0.301. The smallest absolute Gasteiger partial charge is 0.329 e. The number of benzene rings is 1. The molecule has 31 heavy (non-hydrogen) atoms. The van der Waals surface area contributed by atoms with E-state index in [0.29, 0.717) is 4.57 Å². The summed E-state index contributed by atoms with van der Waals surface area (Å²) in [5.41, 5.74) is -9.82. The lowest BCUT2D eigenvalue weighted by Crippen LogP contribution is -2.59. The predicted molar refractivity (Wildman–Crippen MR) is 102 cm³/mol. The largest absolute Gasteiger partial charge is 0.427 e. The number of fused-ring (bicyclic) bond motifs is 1. The molecule has 0 aliphatic carbocycles. The maximum atomic E-state index is 14.0. The minimum atomic E-state index is -6.03. The van der Waals surface area contributed by atoms with Gasteiger partial charge in [0.25, 0.3) is 11.1 Å². The van der Waals surface area contributed by atoms with Gasteiger partial charge < -0.3 is 5.32 Å². The molecule has 1 aromatic carbocycles. The minimum absolute atomic E-state index is 0.113. The second-order valence-corrected chi connectivity index (χ2v) is 7.72. The molecule has 3 rings (SSSR count). The fourth-order valence-electron chi connectivity index (χ4n) is 3.30. The van der Waals surface area contributed by atoms with E-state index in [0.717, 1.165) is 0 Å². The maximum absolute atomic E-state index is 14.0.